The van der Waals surface area contributed by atoms with Gasteiger partial charge in [0.05, 0.1) is 18.6 Å². The fourth-order valence-electron chi connectivity index (χ4n) is 4.17. The molecule has 5 heteroatoms. The number of nitrogens with zero attached hydrogens (tertiary/aromatic N) is 3. The Kier molecular flexibility index (Phi) is 5.12. The zero-order valence-corrected chi connectivity index (χ0v) is 16.1. The summed E-state index contributed by atoms with van der Waals surface area (Å²) in [6.07, 6.45) is 4.66. The highest BCUT2D eigenvalue weighted by Crippen LogP contribution is 2.36. The van der Waals surface area contributed by atoms with Crippen molar-refractivity contribution in [1.82, 2.24) is 9.88 Å². The zero-order chi connectivity index (χ0) is 18.8. The number of aryl methyl sites for hydroxylation is 1. The van der Waals surface area contributed by atoms with Gasteiger partial charge in [0, 0.05) is 33.4 Å². The molecule has 1 aromatic carbocycles. The van der Waals surface area contributed by atoms with Crippen LogP contribution in [0.4, 0.5) is 5.82 Å². The van der Waals surface area contributed by atoms with Gasteiger partial charge >= 0.3 is 0 Å². The Morgan fingerprint density at radius 3 is 2.89 bits per heavy atom. The molecule has 0 N–H and O–H groups in total. The molecule has 2 aromatic rings. The summed E-state index contributed by atoms with van der Waals surface area (Å²) in [7, 11) is 3.98. The molecule has 0 unspecified atom stereocenters. The normalized spacial score (nSPS) is 22.2. The number of carbonyl (C=O) groups is 1. The van der Waals surface area contributed by atoms with Crippen LogP contribution < -0.4 is 4.90 Å². The summed E-state index contributed by atoms with van der Waals surface area (Å²) in [5.41, 5.74) is 3.69. The smallest absolute Gasteiger partial charge is 0.228 e. The van der Waals surface area contributed by atoms with Crippen molar-refractivity contribution in [3.8, 4) is 0 Å². The SMILES string of the molecule is CN(C)c1cc([C@H]2c3ccccc3CCCN2C(=O)[C@H]2CCOC2)ccn1. The molecule has 0 aliphatic carbocycles. The summed E-state index contributed by atoms with van der Waals surface area (Å²) in [5.74, 6) is 1.11. The molecule has 1 fully saturated rings. The number of hydrogen-bond donors (Lipinski definition) is 0. The Hall–Kier alpha value is -2.40. The van der Waals surface area contributed by atoms with E-state index >= 15 is 0 Å². The summed E-state index contributed by atoms with van der Waals surface area (Å²) in [4.78, 5) is 21.9. The molecule has 0 bridgehead atoms. The van der Waals surface area contributed by atoms with Crippen LogP contribution in [0.1, 0.15) is 35.6 Å². The molecule has 4 rings (SSSR count). The first-order chi connectivity index (χ1) is 13.1. The quantitative estimate of drug-likeness (QED) is 0.839. The van der Waals surface area contributed by atoms with Gasteiger partial charge < -0.3 is 14.5 Å². The van der Waals surface area contributed by atoms with E-state index in [1.165, 1.54) is 11.1 Å². The van der Waals surface area contributed by atoms with E-state index in [9.17, 15) is 4.79 Å². The van der Waals surface area contributed by atoms with E-state index in [1.807, 2.05) is 31.3 Å². The molecule has 1 saturated heterocycles. The number of benzene rings is 1. The molecule has 0 saturated carbocycles. The van der Waals surface area contributed by atoms with Gasteiger partial charge in [-0.2, -0.15) is 0 Å². The lowest BCUT2D eigenvalue weighted by Crippen LogP contribution is -2.40. The Morgan fingerprint density at radius 2 is 2.11 bits per heavy atom. The second-order valence-corrected chi connectivity index (χ2v) is 7.64. The standard InChI is InChI=1S/C22H27N3O2/c1-24(2)20-14-17(9-11-23-20)21-19-8-4-3-6-16(19)7-5-12-25(21)22(26)18-10-13-27-15-18/h3-4,6,8-9,11,14,18,21H,5,7,10,12-13,15H2,1-2H3/t18-,21-/m0/s1. The van der Waals surface area contributed by atoms with Crippen LogP contribution >= 0.6 is 0 Å². The molecule has 2 aliphatic heterocycles. The molecule has 142 valence electrons. The fourth-order valence-corrected chi connectivity index (χ4v) is 4.17. The number of anilines is 1. The van der Waals surface area contributed by atoms with Crippen molar-refractivity contribution in [3.05, 3.63) is 59.3 Å². The van der Waals surface area contributed by atoms with E-state index in [0.717, 1.165) is 37.2 Å². The van der Waals surface area contributed by atoms with Crippen LogP contribution in [0.3, 0.4) is 0 Å². The van der Waals surface area contributed by atoms with Gasteiger partial charge in [0.1, 0.15) is 5.82 Å². The van der Waals surface area contributed by atoms with Crippen molar-refractivity contribution in [2.75, 3.05) is 38.8 Å². The molecular formula is C22H27N3O2. The Balaban J connectivity index is 1.80. The summed E-state index contributed by atoms with van der Waals surface area (Å²) < 4.78 is 5.50. The lowest BCUT2D eigenvalue weighted by molar-refractivity contribution is -0.137. The van der Waals surface area contributed by atoms with E-state index in [0.29, 0.717) is 13.2 Å². The molecule has 27 heavy (non-hydrogen) atoms. The van der Waals surface area contributed by atoms with Crippen molar-refractivity contribution in [2.45, 2.75) is 25.3 Å². The summed E-state index contributed by atoms with van der Waals surface area (Å²) in [6, 6.07) is 12.6. The lowest BCUT2D eigenvalue weighted by Gasteiger charge is -2.33. The average molecular weight is 365 g/mol. The van der Waals surface area contributed by atoms with Crippen molar-refractivity contribution in [2.24, 2.45) is 5.92 Å². The minimum absolute atomic E-state index is 0.0204. The first-order valence-electron chi connectivity index (χ1n) is 9.74. The highest BCUT2D eigenvalue weighted by Gasteiger charge is 2.35. The second-order valence-electron chi connectivity index (χ2n) is 7.64. The molecule has 2 aliphatic rings. The van der Waals surface area contributed by atoms with Gasteiger partial charge in [-0.1, -0.05) is 24.3 Å². The second kappa shape index (κ2) is 7.69. The third-order valence-corrected chi connectivity index (χ3v) is 5.61. The minimum atomic E-state index is -0.0708. The van der Waals surface area contributed by atoms with Crippen LogP contribution in [-0.2, 0) is 16.0 Å². The number of pyridine rings is 1. The van der Waals surface area contributed by atoms with Crippen molar-refractivity contribution >= 4 is 11.7 Å². The van der Waals surface area contributed by atoms with Gasteiger partial charge in [-0.05, 0) is 48.1 Å². The Labute approximate surface area is 161 Å². The highest BCUT2D eigenvalue weighted by atomic mass is 16.5. The number of amides is 1. The number of rotatable bonds is 3. The van der Waals surface area contributed by atoms with Gasteiger partial charge in [-0.25, -0.2) is 4.98 Å². The van der Waals surface area contributed by atoms with E-state index in [-0.39, 0.29) is 17.9 Å². The number of carbonyl (C=O) groups excluding carboxylic acids is 1. The predicted molar refractivity (Wildman–Crippen MR) is 106 cm³/mol. The average Bonchev–Trinajstić information content (AvgIpc) is 3.15. The maximum absolute atomic E-state index is 13.4. The van der Waals surface area contributed by atoms with E-state index < -0.39 is 0 Å². The molecule has 3 heterocycles. The molecule has 1 aromatic heterocycles. The minimum Gasteiger partial charge on any atom is -0.381 e. The maximum atomic E-state index is 13.4. The molecule has 0 radical (unpaired) electrons. The lowest BCUT2D eigenvalue weighted by atomic mass is 9.92. The zero-order valence-electron chi connectivity index (χ0n) is 16.1. The van der Waals surface area contributed by atoms with Gasteiger partial charge in [0.2, 0.25) is 5.91 Å². The monoisotopic (exact) mass is 365 g/mol. The highest BCUT2D eigenvalue weighted by molar-refractivity contribution is 5.80. The molecule has 0 spiro atoms. The third kappa shape index (κ3) is 3.56. The fraction of sp³-hybridized carbons (Fsp3) is 0.455. The largest absolute Gasteiger partial charge is 0.381 e. The predicted octanol–water partition coefficient (Wildman–Crippen LogP) is 3.05. The van der Waals surface area contributed by atoms with Crippen molar-refractivity contribution < 1.29 is 9.53 Å². The topological polar surface area (TPSA) is 45.7 Å². The van der Waals surface area contributed by atoms with Crippen LogP contribution in [-0.4, -0.2) is 49.6 Å². The molecular weight excluding hydrogens is 338 g/mol. The number of aromatic nitrogens is 1. The van der Waals surface area contributed by atoms with Crippen molar-refractivity contribution in [3.63, 3.8) is 0 Å². The first kappa shape index (κ1) is 18.0. The first-order valence-corrected chi connectivity index (χ1v) is 9.74. The van der Waals surface area contributed by atoms with Crippen LogP contribution in [0.25, 0.3) is 0 Å². The van der Waals surface area contributed by atoms with Crippen LogP contribution in [0.2, 0.25) is 0 Å². The van der Waals surface area contributed by atoms with Crippen molar-refractivity contribution in [1.29, 1.82) is 0 Å². The maximum Gasteiger partial charge on any atom is 0.228 e. The van der Waals surface area contributed by atoms with E-state index in [1.54, 1.807) is 0 Å². The molecule has 1 amide bonds. The molecule has 5 nitrogen and oxygen atoms in total. The Bertz CT molecular complexity index is 815. The van der Waals surface area contributed by atoms with E-state index in [4.69, 9.17) is 4.74 Å². The third-order valence-electron chi connectivity index (χ3n) is 5.61. The van der Waals surface area contributed by atoms with Gasteiger partial charge in [-0.15, -0.1) is 0 Å². The van der Waals surface area contributed by atoms with Gasteiger partial charge in [0.25, 0.3) is 0 Å². The number of ether oxygens (including phenoxy) is 1. The van der Waals surface area contributed by atoms with Crippen LogP contribution in [0.5, 0.6) is 0 Å². The van der Waals surface area contributed by atoms with Gasteiger partial charge in [-0.3, -0.25) is 4.79 Å². The van der Waals surface area contributed by atoms with Crippen LogP contribution in [0, 0.1) is 5.92 Å². The van der Waals surface area contributed by atoms with E-state index in [2.05, 4.69) is 40.2 Å². The molecule has 2 atom stereocenters. The summed E-state index contributed by atoms with van der Waals surface area (Å²) >= 11 is 0. The summed E-state index contributed by atoms with van der Waals surface area (Å²) in [6.45, 7) is 2.00. The number of fused-ring (bicyclic) bond motifs is 1. The Morgan fingerprint density at radius 1 is 1.26 bits per heavy atom. The summed E-state index contributed by atoms with van der Waals surface area (Å²) in [5, 5.41) is 0. The number of hydrogen-bond acceptors (Lipinski definition) is 4. The van der Waals surface area contributed by atoms with Gasteiger partial charge in [0.15, 0.2) is 0 Å². The van der Waals surface area contributed by atoms with Crippen LogP contribution in [0.15, 0.2) is 42.6 Å².